The van der Waals surface area contributed by atoms with Crippen LogP contribution in [0.5, 0.6) is 0 Å². The lowest BCUT2D eigenvalue weighted by molar-refractivity contribution is 0.493. The van der Waals surface area contributed by atoms with Gasteiger partial charge in [0.1, 0.15) is 5.54 Å². The average molecular weight is 242 g/mol. The quantitative estimate of drug-likeness (QED) is 0.827. The maximum atomic E-state index is 11.8. The Labute approximate surface area is 95.0 Å². The van der Waals surface area contributed by atoms with Crippen molar-refractivity contribution in [3.63, 3.8) is 0 Å². The fraction of sp³-hybridized carbons (Fsp3) is 0.556. The van der Waals surface area contributed by atoms with Gasteiger partial charge in [0.05, 0.1) is 12.4 Å². The van der Waals surface area contributed by atoms with Gasteiger partial charge in [0.2, 0.25) is 0 Å². The molecule has 7 heteroatoms. The monoisotopic (exact) mass is 242 g/mol. The Morgan fingerprint density at radius 3 is 2.69 bits per heavy atom. The van der Waals surface area contributed by atoms with Crippen LogP contribution >= 0.6 is 0 Å². The van der Waals surface area contributed by atoms with Crippen molar-refractivity contribution in [2.75, 3.05) is 0 Å². The Morgan fingerprint density at radius 1 is 1.69 bits per heavy atom. The third-order valence-corrected chi connectivity index (χ3v) is 3.75. The summed E-state index contributed by atoms with van der Waals surface area (Å²) in [6.45, 7) is 3.28. The van der Waals surface area contributed by atoms with Crippen molar-refractivity contribution in [3.05, 3.63) is 12.5 Å². The Balaban J connectivity index is 3.02. The molecule has 0 radical (unpaired) electrons. The van der Waals surface area contributed by atoms with E-state index in [-0.39, 0.29) is 5.03 Å². The fourth-order valence-electron chi connectivity index (χ4n) is 1.05. The molecule has 0 aromatic carbocycles. The summed E-state index contributed by atoms with van der Waals surface area (Å²) in [5.74, 6) is 0. The summed E-state index contributed by atoms with van der Waals surface area (Å²) in [4.78, 5) is 3.74. The molecule has 1 rings (SSSR count). The lowest BCUT2D eigenvalue weighted by atomic mass is 10.0. The SMILES string of the molecule is CCC(C)(C#N)NS(=O)(=O)c1cn(C)cn1. The number of rotatable bonds is 4. The Morgan fingerprint density at radius 2 is 2.31 bits per heavy atom. The fourth-order valence-corrected chi connectivity index (χ4v) is 2.43. The van der Waals surface area contributed by atoms with Crippen molar-refractivity contribution < 1.29 is 8.42 Å². The van der Waals surface area contributed by atoms with Crippen LogP contribution in [0.25, 0.3) is 0 Å². The molecule has 1 unspecified atom stereocenters. The highest BCUT2D eigenvalue weighted by atomic mass is 32.2. The van der Waals surface area contributed by atoms with Gasteiger partial charge in [0.15, 0.2) is 5.03 Å². The maximum absolute atomic E-state index is 11.8. The summed E-state index contributed by atoms with van der Waals surface area (Å²) in [7, 11) is -2.05. The number of nitriles is 1. The number of sulfonamides is 1. The summed E-state index contributed by atoms with van der Waals surface area (Å²) in [5, 5.41) is 8.82. The smallest absolute Gasteiger partial charge is 0.260 e. The minimum Gasteiger partial charge on any atom is -0.339 e. The van der Waals surface area contributed by atoms with Crippen LogP contribution < -0.4 is 4.72 Å². The third kappa shape index (κ3) is 2.59. The number of aromatic nitrogens is 2. The normalized spacial score (nSPS) is 15.4. The molecule has 1 aromatic rings. The largest absolute Gasteiger partial charge is 0.339 e. The molecule has 0 aliphatic carbocycles. The Hall–Kier alpha value is -1.39. The van der Waals surface area contributed by atoms with Crippen molar-refractivity contribution in [1.82, 2.24) is 14.3 Å². The third-order valence-electron chi connectivity index (χ3n) is 2.27. The van der Waals surface area contributed by atoms with Crippen LogP contribution in [0.3, 0.4) is 0 Å². The van der Waals surface area contributed by atoms with Crippen molar-refractivity contribution in [1.29, 1.82) is 5.26 Å². The lowest BCUT2D eigenvalue weighted by Gasteiger charge is -2.19. The van der Waals surface area contributed by atoms with Crippen LogP contribution in [0, 0.1) is 11.3 Å². The van der Waals surface area contributed by atoms with E-state index in [0.29, 0.717) is 6.42 Å². The predicted octanol–water partition coefficient (Wildman–Crippen LogP) is 0.391. The second kappa shape index (κ2) is 4.23. The molecule has 0 spiro atoms. The van der Waals surface area contributed by atoms with Gasteiger partial charge in [-0.15, -0.1) is 0 Å². The molecule has 0 amide bonds. The Kier molecular flexibility index (Phi) is 3.35. The second-order valence-corrected chi connectivity index (χ2v) is 5.41. The van der Waals surface area contributed by atoms with E-state index in [4.69, 9.17) is 5.26 Å². The number of aryl methyl sites for hydroxylation is 1. The first-order chi connectivity index (χ1) is 7.33. The first kappa shape index (κ1) is 12.7. The summed E-state index contributed by atoms with van der Waals surface area (Å²) < 4.78 is 27.5. The van der Waals surface area contributed by atoms with Crippen LogP contribution in [0.4, 0.5) is 0 Å². The van der Waals surface area contributed by atoms with Crippen molar-refractivity contribution >= 4 is 10.0 Å². The van der Waals surface area contributed by atoms with E-state index in [2.05, 4.69) is 9.71 Å². The van der Waals surface area contributed by atoms with E-state index >= 15 is 0 Å². The summed E-state index contributed by atoms with van der Waals surface area (Å²) in [5.41, 5.74) is -1.10. The van der Waals surface area contributed by atoms with E-state index in [0.717, 1.165) is 0 Å². The molecule has 0 saturated carbocycles. The zero-order valence-electron chi connectivity index (χ0n) is 9.43. The van der Waals surface area contributed by atoms with Crippen LogP contribution in [0.2, 0.25) is 0 Å². The molecule has 0 aliphatic heterocycles. The molecule has 1 N–H and O–H groups in total. The van der Waals surface area contributed by atoms with Crippen LogP contribution in [0.15, 0.2) is 17.6 Å². The zero-order valence-corrected chi connectivity index (χ0v) is 10.2. The van der Waals surface area contributed by atoms with E-state index in [9.17, 15) is 8.42 Å². The molecule has 0 fully saturated rings. The second-order valence-electron chi connectivity index (χ2n) is 3.78. The first-order valence-corrected chi connectivity index (χ1v) is 6.24. The lowest BCUT2D eigenvalue weighted by Crippen LogP contribution is -2.44. The van der Waals surface area contributed by atoms with E-state index < -0.39 is 15.6 Å². The molecule has 0 bridgehead atoms. The number of nitrogens with zero attached hydrogens (tertiary/aromatic N) is 3. The van der Waals surface area contributed by atoms with Gasteiger partial charge in [-0.2, -0.15) is 9.98 Å². The van der Waals surface area contributed by atoms with E-state index in [1.807, 2.05) is 6.07 Å². The summed E-state index contributed by atoms with van der Waals surface area (Å²) in [6, 6.07) is 1.94. The highest BCUT2D eigenvalue weighted by molar-refractivity contribution is 7.89. The molecule has 6 nitrogen and oxygen atoms in total. The zero-order chi connectivity index (χ0) is 12.4. The molecule has 1 aromatic heterocycles. The van der Waals surface area contributed by atoms with E-state index in [1.165, 1.54) is 24.0 Å². The molecule has 1 atom stereocenters. The predicted molar refractivity (Wildman–Crippen MR) is 57.8 cm³/mol. The van der Waals surface area contributed by atoms with Crippen LogP contribution in [-0.4, -0.2) is 23.5 Å². The van der Waals surface area contributed by atoms with Crippen molar-refractivity contribution in [3.8, 4) is 6.07 Å². The topological polar surface area (TPSA) is 87.8 Å². The average Bonchev–Trinajstić information content (AvgIpc) is 2.65. The van der Waals surface area contributed by atoms with Gasteiger partial charge >= 0.3 is 0 Å². The summed E-state index contributed by atoms with van der Waals surface area (Å²) >= 11 is 0. The van der Waals surface area contributed by atoms with Gasteiger partial charge in [-0.05, 0) is 13.3 Å². The van der Waals surface area contributed by atoms with Crippen LogP contribution in [0.1, 0.15) is 20.3 Å². The van der Waals surface area contributed by atoms with Gasteiger partial charge < -0.3 is 4.57 Å². The van der Waals surface area contributed by atoms with Gasteiger partial charge in [0.25, 0.3) is 10.0 Å². The number of hydrogen-bond acceptors (Lipinski definition) is 4. The highest BCUT2D eigenvalue weighted by Crippen LogP contribution is 2.13. The molecular weight excluding hydrogens is 228 g/mol. The number of hydrogen-bond donors (Lipinski definition) is 1. The van der Waals surface area contributed by atoms with E-state index in [1.54, 1.807) is 14.0 Å². The van der Waals surface area contributed by atoms with Gasteiger partial charge in [-0.1, -0.05) is 6.92 Å². The van der Waals surface area contributed by atoms with Crippen molar-refractivity contribution in [2.45, 2.75) is 30.8 Å². The molecule has 16 heavy (non-hydrogen) atoms. The Bertz CT molecular complexity index is 514. The number of imidazole rings is 1. The molecule has 1 heterocycles. The van der Waals surface area contributed by atoms with Crippen LogP contribution in [-0.2, 0) is 17.1 Å². The number of nitrogens with one attached hydrogen (secondary N) is 1. The molecule has 0 aliphatic rings. The van der Waals surface area contributed by atoms with Crippen molar-refractivity contribution in [2.24, 2.45) is 7.05 Å². The van der Waals surface area contributed by atoms with Gasteiger partial charge in [-0.25, -0.2) is 13.4 Å². The molecular formula is C9H14N4O2S. The molecule has 0 saturated heterocycles. The summed E-state index contributed by atoms with van der Waals surface area (Å²) in [6.07, 6.45) is 3.16. The minimum absolute atomic E-state index is 0.0788. The minimum atomic E-state index is -3.73. The molecule has 88 valence electrons. The highest BCUT2D eigenvalue weighted by Gasteiger charge is 2.30. The standard InChI is InChI=1S/C9H14N4O2S/c1-4-9(2,6-10)12-16(14,15)8-5-13(3)7-11-8/h5,7,12H,4H2,1-3H3. The van der Waals surface area contributed by atoms with Gasteiger partial charge in [0, 0.05) is 13.2 Å². The maximum Gasteiger partial charge on any atom is 0.260 e. The first-order valence-electron chi connectivity index (χ1n) is 4.76. The van der Waals surface area contributed by atoms with Gasteiger partial charge in [-0.3, -0.25) is 0 Å².